The Bertz CT molecular complexity index is 1040. The maximum atomic E-state index is 12.7. The van der Waals surface area contributed by atoms with E-state index in [0.29, 0.717) is 11.4 Å². The monoisotopic (exact) mass is 478 g/mol. The number of benzene rings is 2. The first-order valence-corrected chi connectivity index (χ1v) is 11.8. The summed E-state index contributed by atoms with van der Waals surface area (Å²) in [6, 6.07) is 14.2. The van der Waals surface area contributed by atoms with Gasteiger partial charge in [0, 0.05) is 11.0 Å². The molecule has 0 aromatic heterocycles. The van der Waals surface area contributed by atoms with Crippen molar-refractivity contribution in [3.05, 3.63) is 69.0 Å². The molecule has 0 unspecified atom stereocenters. The fourth-order valence-corrected chi connectivity index (χ4v) is 5.13. The quantitative estimate of drug-likeness (QED) is 0.584. The van der Waals surface area contributed by atoms with Crippen LogP contribution < -0.4 is 0 Å². The number of carbonyl (C=O) groups is 1. The highest BCUT2D eigenvalue weighted by Gasteiger charge is 2.34. The molecule has 8 heteroatoms. The van der Waals surface area contributed by atoms with Gasteiger partial charge in [-0.2, -0.15) is 8.42 Å². The van der Waals surface area contributed by atoms with Gasteiger partial charge in [-0.3, -0.25) is 9.69 Å². The highest BCUT2D eigenvalue weighted by atomic mass is 79.9. The summed E-state index contributed by atoms with van der Waals surface area (Å²) < 4.78 is 30.3. The van der Waals surface area contributed by atoms with Crippen molar-refractivity contribution in [3.63, 3.8) is 0 Å². The number of hydrogen-bond acceptors (Lipinski definition) is 4. The third kappa shape index (κ3) is 4.56. The van der Waals surface area contributed by atoms with Crippen LogP contribution in [0.5, 0.6) is 0 Å². The molecule has 0 N–H and O–H groups in total. The van der Waals surface area contributed by atoms with Gasteiger partial charge in [0.2, 0.25) is 0 Å². The second-order valence-corrected chi connectivity index (χ2v) is 9.59. The van der Waals surface area contributed by atoms with E-state index in [9.17, 15) is 13.2 Å². The summed E-state index contributed by atoms with van der Waals surface area (Å²) in [5.74, 6) is -0.245. The zero-order valence-corrected chi connectivity index (χ0v) is 18.6. The van der Waals surface area contributed by atoms with Gasteiger partial charge in [-0.1, -0.05) is 47.1 Å². The maximum absolute atomic E-state index is 12.7. The Kier molecular flexibility index (Phi) is 6.42. The van der Waals surface area contributed by atoms with E-state index in [2.05, 4.69) is 20.3 Å². The van der Waals surface area contributed by atoms with Gasteiger partial charge in [0.05, 0.1) is 9.80 Å². The number of aryl methyl sites for hydroxylation is 1. The van der Waals surface area contributed by atoms with Crippen LogP contribution in [-0.2, 0) is 21.2 Å². The molecule has 28 heavy (non-hydrogen) atoms. The molecule has 1 heterocycles. The van der Waals surface area contributed by atoms with E-state index in [-0.39, 0.29) is 16.0 Å². The Balaban J connectivity index is 1.93. The highest BCUT2D eigenvalue weighted by molar-refractivity contribution is 9.10. The first-order valence-electron chi connectivity index (χ1n) is 8.75. The van der Waals surface area contributed by atoms with Crippen molar-refractivity contribution in [2.24, 2.45) is 4.40 Å². The maximum Gasteiger partial charge on any atom is 0.284 e. The molecule has 2 aromatic carbocycles. The second kappa shape index (κ2) is 8.63. The summed E-state index contributed by atoms with van der Waals surface area (Å²) in [5, 5.41) is 0.176. The number of likely N-dealkylation sites (N-methyl/N-ethyl adjacent to an activating group) is 1. The number of rotatable bonds is 5. The van der Waals surface area contributed by atoms with Crippen molar-refractivity contribution >= 4 is 54.9 Å². The van der Waals surface area contributed by atoms with Crippen LogP contribution in [0.2, 0.25) is 0 Å². The largest absolute Gasteiger partial charge is 0.286 e. The summed E-state index contributed by atoms with van der Waals surface area (Å²) >= 11 is 4.45. The Hall–Kier alpha value is -1.90. The van der Waals surface area contributed by atoms with Gasteiger partial charge in [0.1, 0.15) is 0 Å². The van der Waals surface area contributed by atoms with E-state index in [0.717, 1.165) is 33.8 Å². The minimum Gasteiger partial charge on any atom is -0.286 e. The molecular formula is C20H19BrN2O3S2. The van der Waals surface area contributed by atoms with Crippen LogP contribution in [0, 0.1) is 0 Å². The van der Waals surface area contributed by atoms with Gasteiger partial charge in [0.15, 0.2) is 5.17 Å². The average Bonchev–Trinajstić information content (AvgIpc) is 2.97. The molecule has 1 fully saturated rings. The molecule has 1 amide bonds. The smallest absolute Gasteiger partial charge is 0.284 e. The third-order valence-electron chi connectivity index (χ3n) is 4.20. The molecule has 3 rings (SSSR count). The number of halogens is 1. The lowest BCUT2D eigenvalue weighted by molar-refractivity contribution is -0.122. The summed E-state index contributed by atoms with van der Waals surface area (Å²) in [6.45, 7) is 4.13. The zero-order chi connectivity index (χ0) is 20.3. The first kappa shape index (κ1) is 20.8. The minimum atomic E-state index is -3.90. The Labute approximate surface area is 177 Å². The standard InChI is InChI=1S/C20H19BrN2O3S2/c1-3-14-7-11-17(12-8-14)28(25,26)22-20-23(4-2)19(24)18(27-20)13-15-5-9-16(21)10-6-15/h5-13H,3-4H2,1-2H3/b18-13-,22-20-. The van der Waals surface area contributed by atoms with E-state index < -0.39 is 10.0 Å². The SMILES string of the molecule is CCc1ccc(S(=O)(=O)/N=C2\S/C(=C\c3ccc(Br)cc3)C(=O)N2CC)cc1. The molecule has 0 aliphatic carbocycles. The van der Waals surface area contributed by atoms with E-state index in [1.807, 2.05) is 31.2 Å². The van der Waals surface area contributed by atoms with Crippen LogP contribution >= 0.6 is 27.7 Å². The highest BCUT2D eigenvalue weighted by Crippen LogP contribution is 2.33. The van der Waals surface area contributed by atoms with Gasteiger partial charge in [-0.15, -0.1) is 4.40 Å². The van der Waals surface area contributed by atoms with Crippen LogP contribution in [0.15, 0.2) is 67.2 Å². The number of sulfonamides is 1. The van der Waals surface area contributed by atoms with E-state index >= 15 is 0 Å². The Morgan fingerprint density at radius 3 is 2.29 bits per heavy atom. The number of nitrogens with zero attached hydrogens (tertiary/aromatic N) is 2. The normalized spacial score (nSPS) is 17.7. The van der Waals surface area contributed by atoms with Gasteiger partial charge in [-0.05, 0) is 66.6 Å². The number of hydrogen-bond donors (Lipinski definition) is 0. The molecule has 0 radical (unpaired) electrons. The van der Waals surface area contributed by atoms with Crippen LogP contribution in [0.3, 0.4) is 0 Å². The number of thioether (sulfide) groups is 1. The lowest BCUT2D eigenvalue weighted by Gasteiger charge is -2.12. The molecule has 0 spiro atoms. The summed E-state index contributed by atoms with van der Waals surface area (Å²) in [7, 11) is -3.90. The van der Waals surface area contributed by atoms with E-state index in [1.165, 1.54) is 4.90 Å². The molecule has 0 atom stereocenters. The van der Waals surface area contributed by atoms with Gasteiger partial charge in [0.25, 0.3) is 15.9 Å². The van der Waals surface area contributed by atoms with Crippen LogP contribution in [0.4, 0.5) is 0 Å². The molecule has 2 aromatic rings. The number of amides is 1. The Morgan fingerprint density at radius 2 is 1.71 bits per heavy atom. The predicted octanol–water partition coefficient (Wildman–Crippen LogP) is 4.69. The Morgan fingerprint density at radius 1 is 1.07 bits per heavy atom. The van der Waals surface area contributed by atoms with Crippen molar-refractivity contribution < 1.29 is 13.2 Å². The third-order valence-corrected chi connectivity index (χ3v) is 7.13. The zero-order valence-electron chi connectivity index (χ0n) is 15.4. The topological polar surface area (TPSA) is 66.8 Å². The van der Waals surface area contributed by atoms with Crippen LogP contribution in [0.25, 0.3) is 6.08 Å². The van der Waals surface area contributed by atoms with Crippen molar-refractivity contribution in [2.45, 2.75) is 25.2 Å². The molecule has 0 saturated carbocycles. The van der Waals surface area contributed by atoms with Crippen molar-refractivity contribution in [1.29, 1.82) is 0 Å². The molecule has 1 aliphatic heterocycles. The second-order valence-electron chi connectivity index (χ2n) is 6.06. The summed E-state index contributed by atoms with van der Waals surface area (Å²) in [4.78, 5) is 14.6. The van der Waals surface area contributed by atoms with E-state index in [1.54, 1.807) is 37.3 Å². The van der Waals surface area contributed by atoms with Crippen molar-refractivity contribution in [3.8, 4) is 0 Å². The van der Waals surface area contributed by atoms with Gasteiger partial charge in [-0.25, -0.2) is 0 Å². The lowest BCUT2D eigenvalue weighted by Crippen LogP contribution is -2.29. The average molecular weight is 479 g/mol. The summed E-state index contributed by atoms with van der Waals surface area (Å²) in [5.41, 5.74) is 1.90. The predicted molar refractivity (Wildman–Crippen MR) is 118 cm³/mol. The fraction of sp³-hybridized carbons (Fsp3) is 0.200. The van der Waals surface area contributed by atoms with Crippen LogP contribution in [0.1, 0.15) is 25.0 Å². The number of carbonyl (C=O) groups excluding carboxylic acids is 1. The van der Waals surface area contributed by atoms with Crippen molar-refractivity contribution in [2.75, 3.05) is 6.54 Å². The number of amidine groups is 1. The molecular weight excluding hydrogens is 460 g/mol. The molecule has 0 bridgehead atoms. The van der Waals surface area contributed by atoms with E-state index in [4.69, 9.17) is 0 Å². The van der Waals surface area contributed by atoms with Crippen molar-refractivity contribution in [1.82, 2.24) is 4.90 Å². The first-order chi connectivity index (χ1) is 13.3. The molecule has 146 valence electrons. The fourth-order valence-electron chi connectivity index (χ4n) is 2.62. The molecule has 1 aliphatic rings. The molecule has 5 nitrogen and oxygen atoms in total. The summed E-state index contributed by atoms with van der Waals surface area (Å²) in [6.07, 6.45) is 2.57. The minimum absolute atomic E-state index is 0.117. The van der Waals surface area contributed by atoms with Gasteiger partial charge < -0.3 is 0 Å². The van der Waals surface area contributed by atoms with Crippen LogP contribution in [-0.4, -0.2) is 30.9 Å². The lowest BCUT2D eigenvalue weighted by atomic mass is 10.2. The van der Waals surface area contributed by atoms with Gasteiger partial charge >= 0.3 is 0 Å². The molecule has 1 saturated heterocycles.